The molecule has 1 aromatic heterocycles. The van der Waals surface area contributed by atoms with Crippen LogP contribution in [0.15, 0.2) is 60.9 Å². The fourth-order valence-electron chi connectivity index (χ4n) is 3.97. The van der Waals surface area contributed by atoms with Crippen LogP contribution < -0.4 is 20.7 Å². The van der Waals surface area contributed by atoms with Crippen LogP contribution in [-0.4, -0.2) is 29.7 Å². The predicted octanol–water partition coefficient (Wildman–Crippen LogP) is 4.66. The lowest BCUT2D eigenvalue weighted by atomic mass is 9.90. The highest BCUT2D eigenvalue weighted by Gasteiger charge is 2.23. The van der Waals surface area contributed by atoms with Crippen LogP contribution in [0.4, 0.5) is 23.0 Å². The minimum Gasteiger partial charge on any atom is -0.494 e. The molecule has 0 saturated carbocycles. The van der Waals surface area contributed by atoms with E-state index < -0.39 is 0 Å². The zero-order valence-electron chi connectivity index (χ0n) is 17.4. The van der Waals surface area contributed by atoms with E-state index in [4.69, 9.17) is 10.5 Å². The number of aromatic nitrogens is 2. The van der Waals surface area contributed by atoms with Gasteiger partial charge in [0.2, 0.25) is 0 Å². The third-order valence-electron chi connectivity index (χ3n) is 5.57. The highest BCUT2D eigenvalue weighted by atomic mass is 16.5. The third kappa shape index (κ3) is 4.82. The first-order chi connectivity index (χ1) is 14.7. The summed E-state index contributed by atoms with van der Waals surface area (Å²) in [5, 5.41) is 3.30. The summed E-state index contributed by atoms with van der Waals surface area (Å²) in [6.45, 7) is 4.54. The lowest BCUT2D eigenvalue weighted by Gasteiger charge is -2.33. The molecule has 2 heterocycles. The number of ether oxygens (including phenoxy) is 1. The number of hydrogen-bond donors (Lipinski definition) is 2. The maximum atomic E-state index is 6.44. The lowest BCUT2D eigenvalue weighted by Crippen LogP contribution is -2.35. The monoisotopic (exact) mass is 403 g/mol. The summed E-state index contributed by atoms with van der Waals surface area (Å²) < 4.78 is 5.49. The Morgan fingerprint density at radius 3 is 2.47 bits per heavy atom. The molecule has 0 amide bonds. The molecular weight excluding hydrogens is 374 g/mol. The van der Waals surface area contributed by atoms with E-state index in [1.165, 1.54) is 5.56 Å². The van der Waals surface area contributed by atoms with E-state index in [0.717, 1.165) is 49.6 Å². The van der Waals surface area contributed by atoms with E-state index in [2.05, 4.69) is 50.5 Å². The van der Waals surface area contributed by atoms with Crippen molar-refractivity contribution in [3.05, 3.63) is 66.5 Å². The Labute approximate surface area is 178 Å². The van der Waals surface area contributed by atoms with Crippen molar-refractivity contribution in [2.45, 2.75) is 26.2 Å². The minimum atomic E-state index is 0.591. The van der Waals surface area contributed by atoms with Gasteiger partial charge in [0, 0.05) is 18.8 Å². The fraction of sp³-hybridized carbons (Fsp3) is 0.333. The van der Waals surface area contributed by atoms with Crippen LogP contribution in [0.25, 0.3) is 0 Å². The third-order valence-corrected chi connectivity index (χ3v) is 5.57. The Balaban J connectivity index is 1.39. The van der Waals surface area contributed by atoms with Gasteiger partial charge in [-0.15, -0.1) is 0 Å². The number of benzene rings is 2. The number of piperidine rings is 1. The first-order valence-electron chi connectivity index (χ1n) is 10.6. The summed E-state index contributed by atoms with van der Waals surface area (Å²) in [7, 11) is 0. The second-order valence-corrected chi connectivity index (χ2v) is 7.66. The Morgan fingerprint density at radius 1 is 1.03 bits per heavy atom. The van der Waals surface area contributed by atoms with Crippen molar-refractivity contribution in [3.8, 4) is 5.75 Å². The molecule has 1 saturated heterocycles. The van der Waals surface area contributed by atoms with Crippen LogP contribution in [0.3, 0.4) is 0 Å². The van der Waals surface area contributed by atoms with Crippen molar-refractivity contribution >= 4 is 23.0 Å². The van der Waals surface area contributed by atoms with Crippen molar-refractivity contribution in [1.82, 2.24) is 9.97 Å². The summed E-state index contributed by atoms with van der Waals surface area (Å²) >= 11 is 0. The SMILES string of the molecule is CCOc1ccc(Nc2ncnc(N3CCC(Cc4ccccc4)CC3)c2N)cc1. The van der Waals surface area contributed by atoms with E-state index in [-0.39, 0.29) is 0 Å². The maximum Gasteiger partial charge on any atom is 0.159 e. The maximum absolute atomic E-state index is 6.44. The topological polar surface area (TPSA) is 76.3 Å². The van der Waals surface area contributed by atoms with Crippen LogP contribution in [0.1, 0.15) is 25.3 Å². The molecule has 0 aliphatic carbocycles. The Kier molecular flexibility index (Phi) is 6.32. The molecule has 6 heteroatoms. The highest BCUT2D eigenvalue weighted by Crippen LogP contribution is 2.32. The molecule has 3 N–H and O–H groups in total. The zero-order chi connectivity index (χ0) is 20.8. The van der Waals surface area contributed by atoms with Crippen LogP contribution in [0.5, 0.6) is 5.75 Å². The Morgan fingerprint density at radius 2 is 1.77 bits per heavy atom. The lowest BCUT2D eigenvalue weighted by molar-refractivity contribution is 0.340. The van der Waals surface area contributed by atoms with E-state index in [1.807, 2.05) is 31.2 Å². The summed E-state index contributed by atoms with van der Waals surface area (Å²) in [5.41, 5.74) is 9.36. The van der Waals surface area contributed by atoms with Crippen LogP contribution in [0.2, 0.25) is 0 Å². The summed E-state index contributed by atoms with van der Waals surface area (Å²) in [6, 6.07) is 18.5. The first-order valence-corrected chi connectivity index (χ1v) is 10.6. The van der Waals surface area contributed by atoms with Gasteiger partial charge in [0.05, 0.1) is 6.61 Å². The van der Waals surface area contributed by atoms with Gasteiger partial charge in [-0.25, -0.2) is 9.97 Å². The molecular formula is C24H29N5O. The largest absolute Gasteiger partial charge is 0.494 e. The predicted molar refractivity (Wildman–Crippen MR) is 122 cm³/mol. The van der Waals surface area contributed by atoms with E-state index in [1.54, 1.807) is 6.33 Å². The van der Waals surface area contributed by atoms with Gasteiger partial charge in [-0.1, -0.05) is 30.3 Å². The van der Waals surface area contributed by atoms with Gasteiger partial charge >= 0.3 is 0 Å². The average molecular weight is 404 g/mol. The number of nitrogens with one attached hydrogen (secondary N) is 1. The van der Waals surface area contributed by atoms with Crippen molar-refractivity contribution in [3.63, 3.8) is 0 Å². The summed E-state index contributed by atoms with van der Waals surface area (Å²) in [6.07, 6.45) is 5.00. The summed E-state index contributed by atoms with van der Waals surface area (Å²) in [5.74, 6) is 3.00. The van der Waals surface area contributed by atoms with Gasteiger partial charge in [0.25, 0.3) is 0 Å². The van der Waals surface area contributed by atoms with Gasteiger partial charge in [-0.3, -0.25) is 0 Å². The zero-order valence-corrected chi connectivity index (χ0v) is 17.4. The van der Waals surface area contributed by atoms with Gasteiger partial charge in [-0.2, -0.15) is 0 Å². The van der Waals surface area contributed by atoms with Crippen molar-refractivity contribution < 1.29 is 4.74 Å². The van der Waals surface area contributed by atoms with Crippen LogP contribution in [-0.2, 0) is 6.42 Å². The van der Waals surface area contributed by atoms with Crippen molar-refractivity contribution in [1.29, 1.82) is 0 Å². The molecule has 1 fully saturated rings. The standard InChI is InChI=1S/C24H29N5O/c1-2-30-21-10-8-20(9-11-21)28-23-22(25)24(27-17-26-23)29-14-12-19(13-15-29)16-18-6-4-3-5-7-18/h3-11,17,19H,2,12-16,25H2,1H3,(H,26,27,28). The van der Waals surface area contributed by atoms with E-state index in [9.17, 15) is 0 Å². The number of rotatable bonds is 7. The molecule has 0 atom stereocenters. The van der Waals surface area contributed by atoms with Crippen LogP contribution >= 0.6 is 0 Å². The average Bonchev–Trinajstić information content (AvgIpc) is 2.78. The molecule has 156 valence electrons. The molecule has 6 nitrogen and oxygen atoms in total. The highest BCUT2D eigenvalue weighted by molar-refractivity contribution is 5.78. The van der Waals surface area contributed by atoms with E-state index >= 15 is 0 Å². The number of nitrogens with two attached hydrogens (primary N) is 1. The molecule has 0 spiro atoms. The van der Waals surface area contributed by atoms with Crippen molar-refractivity contribution in [2.24, 2.45) is 5.92 Å². The van der Waals surface area contributed by atoms with Gasteiger partial charge in [0.1, 0.15) is 17.8 Å². The Hall–Kier alpha value is -3.28. The number of anilines is 4. The summed E-state index contributed by atoms with van der Waals surface area (Å²) in [4.78, 5) is 11.1. The molecule has 0 radical (unpaired) electrons. The normalized spacial score (nSPS) is 14.5. The minimum absolute atomic E-state index is 0.591. The number of nitrogens with zero attached hydrogens (tertiary/aromatic N) is 3. The van der Waals surface area contributed by atoms with Gasteiger partial charge in [0.15, 0.2) is 11.6 Å². The number of nitrogen functional groups attached to an aromatic ring is 1. The first kappa shape index (κ1) is 20.0. The van der Waals surface area contributed by atoms with E-state index in [0.29, 0.717) is 24.0 Å². The molecule has 30 heavy (non-hydrogen) atoms. The van der Waals surface area contributed by atoms with Crippen molar-refractivity contribution in [2.75, 3.05) is 35.6 Å². The molecule has 1 aliphatic rings. The molecule has 3 aromatic rings. The fourth-order valence-corrected chi connectivity index (χ4v) is 3.97. The molecule has 2 aromatic carbocycles. The molecule has 0 bridgehead atoms. The molecule has 1 aliphatic heterocycles. The Bertz CT molecular complexity index is 938. The smallest absolute Gasteiger partial charge is 0.159 e. The molecule has 0 unspecified atom stereocenters. The van der Waals surface area contributed by atoms with Crippen LogP contribution in [0, 0.1) is 5.92 Å². The van der Waals surface area contributed by atoms with Gasteiger partial charge in [-0.05, 0) is 61.9 Å². The number of hydrogen-bond acceptors (Lipinski definition) is 6. The second kappa shape index (κ2) is 9.48. The second-order valence-electron chi connectivity index (χ2n) is 7.66. The molecule has 4 rings (SSSR count). The van der Waals surface area contributed by atoms with Gasteiger partial charge < -0.3 is 20.7 Å². The quantitative estimate of drug-likeness (QED) is 0.597.